The van der Waals surface area contributed by atoms with Gasteiger partial charge in [0.1, 0.15) is 5.82 Å². The molecule has 166 valence electrons. The molecule has 2 fully saturated rings. The zero-order valence-electron chi connectivity index (χ0n) is 17.7. The van der Waals surface area contributed by atoms with E-state index in [9.17, 15) is 9.18 Å². The second kappa shape index (κ2) is 10.6. The minimum absolute atomic E-state index is 0.135. The fraction of sp³-hybridized carbons (Fsp3) is 0.458. The number of ether oxygens (including phenoxy) is 1. The minimum atomic E-state index is -0.434. The molecule has 0 N–H and O–H groups in total. The van der Waals surface area contributed by atoms with E-state index in [1.54, 1.807) is 4.90 Å². The molecule has 1 atom stereocenters. The Morgan fingerprint density at radius 2 is 1.81 bits per heavy atom. The summed E-state index contributed by atoms with van der Waals surface area (Å²) in [5, 5.41) is 0.165. The summed E-state index contributed by atoms with van der Waals surface area (Å²) in [4.78, 5) is 19.4. The SMILES string of the molecule is O=C(c1ccc(F)cc1Cl)N1CCN(C[C@H]2CN(Cc3ccccc3)CCCO2)CC1. The molecule has 2 aromatic rings. The molecule has 1 amide bonds. The molecule has 2 aliphatic rings. The zero-order valence-corrected chi connectivity index (χ0v) is 18.4. The fourth-order valence-corrected chi connectivity index (χ4v) is 4.57. The van der Waals surface area contributed by atoms with Crippen LogP contribution in [-0.4, -0.2) is 79.1 Å². The van der Waals surface area contributed by atoms with Gasteiger partial charge in [0.25, 0.3) is 5.91 Å². The summed E-state index contributed by atoms with van der Waals surface area (Å²) in [6.07, 6.45) is 1.21. The first-order valence-electron chi connectivity index (χ1n) is 10.9. The molecule has 4 rings (SSSR count). The Hall–Kier alpha value is -1.99. The predicted octanol–water partition coefficient (Wildman–Crippen LogP) is 3.53. The van der Waals surface area contributed by atoms with Crippen molar-refractivity contribution in [2.75, 3.05) is 52.4 Å². The number of hydrogen-bond acceptors (Lipinski definition) is 4. The van der Waals surface area contributed by atoms with Crippen LogP contribution in [0.5, 0.6) is 0 Å². The Bertz CT molecular complexity index is 874. The van der Waals surface area contributed by atoms with Gasteiger partial charge in [-0.05, 0) is 30.2 Å². The molecular formula is C24H29ClFN3O2. The smallest absolute Gasteiger partial charge is 0.255 e. The maximum atomic E-state index is 13.3. The van der Waals surface area contributed by atoms with Gasteiger partial charge in [0.15, 0.2) is 0 Å². The number of nitrogens with zero attached hydrogens (tertiary/aromatic N) is 3. The van der Waals surface area contributed by atoms with Crippen LogP contribution in [0.15, 0.2) is 48.5 Å². The molecule has 0 unspecified atom stereocenters. The summed E-state index contributed by atoms with van der Waals surface area (Å²) in [5.41, 5.74) is 1.69. The number of carbonyl (C=O) groups is 1. The van der Waals surface area contributed by atoms with Crippen molar-refractivity contribution in [3.8, 4) is 0 Å². The second-order valence-electron chi connectivity index (χ2n) is 8.28. The van der Waals surface area contributed by atoms with E-state index in [1.807, 2.05) is 6.07 Å². The lowest BCUT2D eigenvalue weighted by Gasteiger charge is -2.37. The highest BCUT2D eigenvalue weighted by Crippen LogP contribution is 2.20. The van der Waals surface area contributed by atoms with Crippen LogP contribution >= 0.6 is 11.6 Å². The molecule has 0 aromatic heterocycles. The van der Waals surface area contributed by atoms with E-state index in [4.69, 9.17) is 16.3 Å². The van der Waals surface area contributed by atoms with Gasteiger partial charge in [-0.1, -0.05) is 41.9 Å². The molecule has 31 heavy (non-hydrogen) atoms. The van der Waals surface area contributed by atoms with Crippen molar-refractivity contribution in [2.45, 2.75) is 19.1 Å². The van der Waals surface area contributed by atoms with Crippen LogP contribution in [0.1, 0.15) is 22.3 Å². The molecule has 0 radical (unpaired) electrons. The summed E-state index contributed by atoms with van der Waals surface area (Å²) >= 11 is 6.07. The second-order valence-corrected chi connectivity index (χ2v) is 8.69. The Morgan fingerprint density at radius 1 is 1.03 bits per heavy atom. The van der Waals surface area contributed by atoms with Crippen molar-refractivity contribution in [1.29, 1.82) is 0 Å². The highest BCUT2D eigenvalue weighted by atomic mass is 35.5. The molecule has 2 saturated heterocycles. The van der Waals surface area contributed by atoms with Crippen LogP contribution in [-0.2, 0) is 11.3 Å². The summed E-state index contributed by atoms with van der Waals surface area (Å²) < 4.78 is 19.4. The van der Waals surface area contributed by atoms with Gasteiger partial charge in [0.05, 0.1) is 16.7 Å². The molecular weight excluding hydrogens is 417 g/mol. The molecule has 0 spiro atoms. The number of carbonyl (C=O) groups excluding carboxylic acids is 1. The lowest BCUT2D eigenvalue weighted by atomic mass is 10.1. The first-order chi connectivity index (χ1) is 15.1. The number of amides is 1. The van der Waals surface area contributed by atoms with Gasteiger partial charge in [-0.3, -0.25) is 14.6 Å². The topological polar surface area (TPSA) is 36.0 Å². The van der Waals surface area contributed by atoms with E-state index in [0.717, 1.165) is 52.3 Å². The Kier molecular flexibility index (Phi) is 7.56. The maximum absolute atomic E-state index is 13.3. The number of piperazine rings is 1. The molecule has 0 bridgehead atoms. The minimum Gasteiger partial charge on any atom is -0.376 e. The van der Waals surface area contributed by atoms with Crippen molar-refractivity contribution in [1.82, 2.24) is 14.7 Å². The lowest BCUT2D eigenvalue weighted by Crippen LogP contribution is -2.51. The maximum Gasteiger partial charge on any atom is 0.255 e. The largest absolute Gasteiger partial charge is 0.376 e. The number of rotatable bonds is 5. The molecule has 5 nitrogen and oxygen atoms in total. The average Bonchev–Trinajstić information content (AvgIpc) is 2.99. The molecule has 2 heterocycles. The van der Waals surface area contributed by atoms with Crippen LogP contribution in [0.2, 0.25) is 5.02 Å². The summed E-state index contributed by atoms with van der Waals surface area (Å²) in [5.74, 6) is -0.569. The van der Waals surface area contributed by atoms with Crippen LogP contribution in [0.4, 0.5) is 4.39 Å². The van der Waals surface area contributed by atoms with Crippen LogP contribution < -0.4 is 0 Å². The number of hydrogen-bond donors (Lipinski definition) is 0. The number of halogens is 2. The molecule has 7 heteroatoms. The van der Waals surface area contributed by atoms with Gasteiger partial charge in [-0.2, -0.15) is 0 Å². The third kappa shape index (κ3) is 6.04. The van der Waals surface area contributed by atoms with E-state index in [2.05, 4.69) is 34.1 Å². The molecule has 2 aliphatic heterocycles. The molecule has 0 aliphatic carbocycles. The monoisotopic (exact) mass is 445 g/mol. The van der Waals surface area contributed by atoms with Crippen LogP contribution in [0.25, 0.3) is 0 Å². The third-order valence-electron chi connectivity index (χ3n) is 5.97. The van der Waals surface area contributed by atoms with Gasteiger partial charge in [0.2, 0.25) is 0 Å². The van der Waals surface area contributed by atoms with Gasteiger partial charge >= 0.3 is 0 Å². The lowest BCUT2D eigenvalue weighted by molar-refractivity contribution is 0.0134. The average molecular weight is 446 g/mol. The highest BCUT2D eigenvalue weighted by molar-refractivity contribution is 6.33. The Labute approximate surface area is 188 Å². The standard InChI is InChI=1S/C24H29ClFN3O2/c25-23-15-20(26)7-8-22(23)24(30)29-12-10-27(11-13-29)17-21-18-28(9-4-14-31-21)16-19-5-2-1-3-6-19/h1-3,5-8,15,21H,4,9-14,16-18H2/t21-/m0/s1. The highest BCUT2D eigenvalue weighted by Gasteiger charge is 2.27. The van der Waals surface area contributed by atoms with E-state index in [1.165, 1.54) is 23.8 Å². The first kappa shape index (κ1) is 22.2. The van der Waals surface area contributed by atoms with E-state index in [-0.39, 0.29) is 17.0 Å². The first-order valence-corrected chi connectivity index (χ1v) is 11.3. The van der Waals surface area contributed by atoms with Crippen molar-refractivity contribution >= 4 is 17.5 Å². The predicted molar refractivity (Wildman–Crippen MR) is 120 cm³/mol. The van der Waals surface area contributed by atoms with E-state index >= 15 is 0 Å². The quantitative estimate of drug-likeness (QED) is 0.705. The van der Waals surface area contributed by atoms with Crippen LogP contribution in [0.3, 0.4) is 0 Å². The van der Waals surface area contributed by atoms with Gasteiger partial charge < -0.3 is 9.64 Å². The summed E-state index contributed by atoms with van der Waals surface area (Å²) in [6.45, 7) is 7.42. The van der Waals surface area contributed by atoms with Crippen molar-refractivity contribution in [3.63, 3.8) is 0 Å². The normalized spacial score (nSPS) is 21.1. The zero-order chi connectivity index (χ0) is 21.6. The van der Waals surface area contributed by atoms with Gasteiger partial charge in [-0.25, -0.2) is 4.39 Å². The van der Waals surface area contributed by atoms with Crippen molar-refractivity contribution in [3.05, 3.63) is 70.5 Å². The summed E-state index contributed by atoms with van der Waals surface area (Å²) in [7, 11) is 0. The van der Waals surface area contributed by atoms with Gasteiger partial charge in [-0.15, -0.1) is 0 Å². The van der Waals surface area contributed by atoms with E-state index < -0.39 is 5.82 Å². The fourth-order valence-electron chi connectivity index (χ4n) is 4.32. The van der Waals surface area contributed by atoms with Gasteiger partial charge in [0, 0.05) is 59.0 Å². The molecule has 2 aromatic carbocycles. The van der Waals surface area contributed by atoms with Crippen molar-refractivity contribution < 1.29 is 13.9 Å². The Morgan fingerprint density at radius 3 is 2.55 bits per heavy atom. The third-order valence-corrected chi connectivity index (χ3v) is 6.28. The van der Waals surface area contributed by atoms with E-state index in [0.29, 0.717) is 18.7 Å². The van der Waals surface area contributed by atoms with Crippen molar-refractivity contribution in [2.24, 2.45) is 0 Å². The molecule has 0 saturated carbocycles. The Balaban J connectivity index is 1.28. The van der Waals surface area contributed by atoms with Crippen LogP contribution in [0, 0.1) is 5.82 Å². The number of benzene rings is 2. The summed E-state index contributed by atoms with van der Waals surface area (Å²) in [6, 6.07) is 14.5.